The molecule has 0 unspecified atom stereocenters. The second-order valence-electron chi connectivity index (χ2n) is 7.70. The van der Waals surface area contributed by atoms with Crippen molar-refractivity contribution in [1.82, 2.24) is 24.8 Å². The number of hydrogen-bond acceptors (Lipinski definition) is 8. The van der Waals surface area contributed by atoms with Gasteiger partial charge in [-0.05, 0) is 24.3 Å². The van der Waals surface area contributed by atoms with Crippen LogP contribution in [0, 0.1) is 0 Å². The van der Waals surface area contributed by atoms with Gasteiger partial charge < -0.3 is 20.1 Å². The van der Waals surface area contributed by atoms with Gasteiger partial charge in [-0.1, -0.05) is 36.4 Å². The number of nitrogens with one attached hydrogen (secondary N) is 2. The van der Waals surface area contributed by atoms with Crippen LogP contribution in [0.2, 0.25) is 0 Å². The number of esters is 1. The van der Waals surface area contributed by atoms with Crippen molar-refractivity contribution in [2.45, 2.75) is 12.3 Å². The first-order valence-electron chi connectivity index (χ1n) is 10.8. The smallest absolute Gasteiger partial charge is 0.338 e. The monoisotopic (exact) mass is 458 g/mol. The average molecular weight is 458 g/mol. The molecule has 1 saturated heterocycles. The predicted octanol–water partition coefficient (Wildman–Crippen LogP) is 2.42. The first-order chi connectivity index (χ1) is 16.7. The molecule has 172 valence electrons. The van der Waals surface area contributed by atoms with E-state index in [9.17, 15) is 9.59 Å². The molecule has 2 aromatic carbocycles. The quantitative estimate of drug-likeness (QED) is 0.423. The number of benzene rings is 2. The molecule has 2 atom stereocenters. The van der Waals surface area contributed by atoms with Gasteiger partial charge in [0.05, 0.1) is 11.9 Å². The summed E-state index contributed by atoms with van der Waals surface area (Å²) in [4.78, 5) is 37.7. The van der Waals surface area contributed by atoms with Gasteiger partial charge in [-0.3, -0.25) is 9.36 Å². The third-order valence-corrected chi connectivity index (χ3v) is 5.39. The Labute approximate surface area is 195 Å². The summed E-state index contributed by atoms with van der Waals surface area (Å²) >= 11 is 0. The van der Waals surface area contributed by atoms with Crippen molar-refractivity contribution in [3.05, 3.63) is 84.4 Å². The van der Waals surface area contributed by atoms with E-state index in [4.69, 9.17) is 9.47 Å². The average Bonchev–Trinajstić information content (AvgIpc) is 3.34. The van der Waals surface area contributed by atoms with Gasteiger partial charge in [0.25, 0.3) is 5.91 Å². The van der Waals surface area contributed by atoms with Gasteiger partial charge in [0.2, 0.25) is 0 Å². The normalized spacial score (nSPS) is 17.9. The van der Waals surface area contributed by atoms with E-state index in [1.165, 1.54) is 6.33 Å². The Morgan fingerprint density at radius 1 is 1.00 bits per heavy atom. The van der Waals surface area contributed by atoms with Gasteiger partial charge in [0.15, 0.2) is 17.0 Å². The van der Waals surface area contributed by atoms with Gasteiger partial charge in [-0.15, -0.1) is 0 Å². The molecule has 1 fully saturated rings. The van der Waals surface area contributed by atoms with Crippen LogP contribution in [0.4, 0.5) is 5.82 Å². The van der Waals surface area contributed by atoms with E-state index in [1.54, 1.807) is 59.4 Å². The van der Waals surface area contributed by atoms with Gasteiger partial charge in [-0.25, -0.2) is 19.7 Å². The molecule has 0 radical (unpaired) electrons. The molecule has 34 heavy (non-hydrogen) atoms. The van der Waals surface area contributed by atoms with E-state index in [1.807, 2.05) is 12.1 Å². The van der Waals surface area contributed by atoms with Crippen LogP contribution < -0.4 is 10.6 Å². The lowest BCUT2D eigenvalue weighted by Crippen LogP contribution is -2.44. The summed E-state index contributed by atoms with van der Waals surface area (Å²) in [5.41, 5.74) is 1.98. The third kappa shape index (κ3) is 4.63. The Morgan fingerprint density at radius 2 is 1.74 bits per heavy atom. The Morgan fingerprint density at radius 3 is 2.50 bits per heavy atom. The molecule has 1 aliphatic heterocycles. The molecule has 10 nitrogen and oxygen atoms in total. The van der Waals surface area contributed by atoms with Gasteiger partial charge >= 0.3 is 5.97 Å². The maximum absolute atomic E-state index is 12.6. The summed E-state index contributed by atoms with van der Waals surface area (Å²) in [5, 5.41) is 6.09. The van der Waals surface area contributed by atoms with Crippen LogP contribution in [0.25, 0.3) is 11.2 Å². The molecule has 10 heteroatoms. The van der Waals surface area contributed by atoms with Crippen LogP contribution in [0.15, 0.2) is 73.3 Å². The number of amides is 1. The fourth-order valence-electron chi connectivity index (χ4n) is 3.70. The van der Waals surface area contributed by atoms with Gasteiger partial charge in [-0.2, -0.15) is 0 Å². The maximum atomic E-state index is 12.6. The third-order valence-electron chi connectivity index (χ3n) is 5.39. The van der Waals surface area contributed by atoms with Gasteiger partial charge in [0.1, 0.15) is 25.3 Å². The second kappa shape index (κ2) is 9.77. The number of rotatable bonds is 6. The minimum absolute atomic E-state index is 0.108. The van der Waals surface area contributed by atoms with Crippen molar-refractivity contribution < 1.29 is 19.1 Å². The number of morpholine rings is 1. The maximum Gasteiger partial charge on any atom is 0.338 e. The molecule has 0 saturated carbocycles. The summed E-state index contributed by atoms with van der Waals surface area (Å²) in [6.07, 6.45) is 2.20. The molecular weight excluding hydrogens is 436 g/mol. The van der Waals surface area contributed by atoms with E-state index in [0.29, 0.717) is 41.2 Å². The highest BCUT2D eigenvalue weighted by Gasteiger charge is 2.27. The Kier molecular flexibility index (Phi) is 6.23. The van der Waals surface area contributed by atoms with Crippen LogP contribution in [0.3, 0.4) is 0 Å². The number of hydrogen-bond donors (Lipinski definition) is 2. The molecule has 4 aromatic rings. The van der Waals surface area contributed by atoms with E-state index in [-0.39, 0.29) is 18.6 Å². The standard InChI is InChI=1S/C24H22N6O4/c31-23(16-7-3-1-4-8-16)29-21-20-22(27-14-26-21)30(15-28-20)19-12-25-11-18(34-19)13-33-24(32)17-9-5-2-6-10-17/h1-10,14-15,18-19,25H,11-13H2,(H,26,27,29,31)/t18-,19+/m0/s1. The number of carbonyl (C=O) groups is 2. The van der Waals surface area contributed by atoms with E-state index in [2.05, 4.69) is 25.6 Å². The summed E-state index contributed by atoms with van der Waals surface area (Å²) < 4.78 is 13.3. The van der Waals surface area contributed by atoms with Crippen molar-refractivity contribution in [1.29, 1.82) is 0 Å². The van der Waals surface area contributed by atoms with Crippen molar-refractivity contribution in [3.63, 3.8) is 0 Å². The van der Waals surface area contributed by atoms with E-state index < -0.39 is 12.2 Å². The van der Waals surface area contributed by atoms with Crippen LogP contribution in [-0.2, 0) is 9.47 Å². The zero-order valence-electron chi connectivity index (χ0n) is 18.1. The number of fused-ring (bicyclic) bond motifs is 1. The molecule has 1 amide bonds. The summed E-state index contributed by atoms with van der Waals surface area (Å²) in [7, 11) is 0. The molecule has 3 heterocycles. The topological polar surface area (TPSA) is 120 Å². The lowest BCUT2D eigenvalue weighted by atomic mass is 10.2. The zero-order valence-corrected chi connectivity index (χ0v) is 18.1. The summed E-state index contributed by atoms with van der Waals surface area (Å²) in [6.45, 7) is 1.17. The molecule has 0 bridgehead atoms. The minimum atomic E-state index is -0.424. The molecule has 5 rings (SSSR count). The van der Waals surface area contributed by atoms with Crippen LogP contribution in [-0.4, -0.2) is 57.2 Å². The second-order valence-corrected chi connectivity index (χ2v) is 7.70. The van der Waals surface area contributed by atoms with Crippen LogP contribution in [0.1, 0.15) is 26.9 Å². The highest BCUT2D eigenvalue weighted by atomic mass is 16.6. The lowest BCUT2D eigenvalue weighted by molar-refractivity contribution is -0.0963. The SMILES string of the molecule is O=C(Nc1ncnc2c1ncn2[C@H]1CNC[C@@H](COC(=O)c2ccccc2)O1)c1ccccc1. The molecule has 2 N–H and O–H groups in total. The Hall–Kier alpha value is -4.15. The highest BCUT2D eigenvalue weighted by Crippen LogP contribution is 2.24. The largest absolute Gasteiger partial charge is 0.459 e. The highest BCUT2D eigenvalue weighted by molar-refractivity contribution is 6.06. The first-order valence-corrected chi connectivity index (χ1v) is 10.8. The number of carbonyl (C=O) groups excluding carboxylic acids is 2. The number of ether oxygens (including phenoxy) is 2. The molecular formula is C24H22N6O4. The fourth-order valence-corrected chi connectivity index (χ4v) is 3.70. The number of imidazole rings is 1. The number of aromatic nitrogens is 4. The molecule has 2 aromatic heterocycles. The Bertz CT molecular complexity index is 1290. The first kappa shape index (κ1) is 21.7. The predicted molar refractivity (Wildman–Crippen MR) is 123 cm³/mol. The summed E-state index contributed by atoms with van der Waals surface area (Å²) in [6, 6.07) is 17.7. The van der Waals surface area contributed by atoms with Crippen molar-refractivity contribution >= 4 is 28.9 Å². The zero-order chi connectivity index (χ0) is 23.3. The van der Waals surface area contributed by atoms with E-state index in [0.717, 1.165) is 0 Å². The molecule has 0 aliphatic carbocycles. The number of anilines is 1. The molecule has 0 spiro atoms. The van der Waals surface area contributed by atoms with Crippen molar-refractivity contribution in [2.75, 3.05) is 25.0 Å². The lowest BCUT2D eigenvalue weighted by Gasteiger charge is -2.31. The van der Waals surface area contributed by atoms with Crippen molar-refractivity contribution in [3.8, 4) is 0 Å². The van der Waals surface area contributed by atoms with E-state index >= 15 is 0 Å². The minimum Gasteiger partial charge on any atom is -0.459 e. The van der Waals surface area contributed by atoms with Crippen LogP contribution in [0.5, 0.6) is 0 Å². The number of nitrogens with zero attached hydrogens (tertiary/aromatic N) is 4. The van der Waals surface area contributed by atoms with Crippen LogP contribution >= 0.6 is 0 Å². The van der Waals surface area contributed by atoms with Crippen molar-refractivity contribution in [2.24, 2.45) is 0 Å². The Balaban J connectivity index is 1.28. The van der Waals surface area contributed by atoms with Gasteiger partial charge in [0, 0.05) is 18.7 Å². The molecule has 1 aliphatic rings. The fraction of sp³-hybridized carbons (Fsp3) is 0.208. The summed E-state index contributed by atoms with van der Waals surface area (Å²) in [5.74, 6) is -0.369.